The molecule has 13 heavy (non-hydrogen) atoms. The number of primary amides is 1. The van der Waals surface area contributed by atoms with Crippen LogP contribution in [0.25, 0.3) is 0 Å². The molecule has 3 nitrogen and oxygen atoms in total. The van der Waals surface area contributed by atoms with Gasteiger partial charge in [0, 0.05) is 0 Å². The van der Waals surface area contributed by atoms with E-state index in [2.05, 4.69) is 11.8 Å². The largest absolute Gasteiger partial charge is 0.368 e. The zero-order valence-corrected chi connectivity index (χ0v) is 8.46. The van der Waals surface area contributed by atoms with E-state index < -0.39 is 0 Å². The van der Waals surface area contributed by atoms with Gasteiger partial charge in [0.2, 0.25) is 5.91 Å². The van der Waals surface area contributed by atoms with Crippen molar-refractivity contribution in [2.75, 3.05) is 13.1 Å². The van der Waals surface area contributed by atoms with Gasteiger partial charge in [0.15, 0.2) is 0 Å². The van der Waals surface area contributed by atoms with E-state index in [1.807, 2.05) is 0 Å². The molecule has 0 bridgehead atoms. The Morgan fingerprint density at radius 1 is 1.46 bits per heavy atom. The van der Waals surface area contributed by atoms with E-state index in [1.54, 1.807) is 0 Å². The highest BCUT2D eigenvalue weighted by Gasteiger charge is 2.25. The molecule has 3 heteroatoms. The average Bonchev–Trinajstić information content (AvgIpc) is 2.57. The van der Waals surface area contributed by atoms with Gasteiger partial charge in [0.25, 0.3) is 0 Å². The van der Waals surface area contributed by atoms with Crippen LogP contribution in [0.4, 0.5) is 0 Å². The van der Waals surface area contributed by atoms with Crippen molar-refractivity contribution in [1.29, 1.82) is 0 Å². The number of rotatable bonds is 5. The van der Waals surface area contributed by atoms with E-state index in [4.69, 9.17) is 5.73 Å². The third-order valence-electron chi connectivity index (χ3n) is 2.74. The van der Waals surface area contributed by atoms with Crippen LogP contribution >= 0.6 is 0 Å². The highest BCUT2D eigenvalue weighted by Crippen LogP contribution is 2.15. The Kier molecular flexibility index (Phi) is 4.22. The van der Waals surface area contributed by atoms with Crippen molar-refractivity contribution in [3.05, 3.63) is 0 Å². The van der Waals surface area contributed by atoms with Crippen LogP contribution in [-0.2, 0) is 4.79 Å². The van der Waals surface area contributed by atoms with E-state index in [1.165, 1.54) is 12.8 Å². The fourth-order valence-corrected chi connectivity index (χ4v) is 1.96. The van der Waals surface area contributed by atoms with Crippen LogP contribution in [0.3, 0.4) is 0 Å². The first-order valence-electron chi connectivity index (χ1n) is 5.29. The second kappa shape index (κ2) is 5.22. The van der Waals surface area contributed by atoms with Gasteiger partial charge >= 0.3 is 0 Å². The predicted molar refractivity (Wildman–Crippen MR) is 53.3 cm³/mol. The molecule has 2 N–H and O–H groups in total. The Labute approximate surface area is 80.3 Å². The number of carbonyl (C=O) groups is 1. The highest BCUT2D eigenvalue weighted by atomic mass is 16.1. The maximum absolute atomic E-state index is 11.2. The van der Waals surface area contributed by atoms with Crippen molar-refractivity contribution in [2.45, 2.75) is 45.1 Å². The topological polar surface area (TPSA) is 46.3 Å². The van der Waals surface area contributed by atoms with Crippen LogP contribution in [0.1, 0.15) is 39.0 Å². The van der Waals surface area contributed by atoms with Crippen molar-refractivity contribution >= 4 is 5.91 Å². The molecule has 1 saturated heterocycles. The standard InChI is InChI=1S/C10H20N2O/c1-2-3-6-9(10(11)13)12-7-4-5-8-12/h9H,2-8H2,1H3,(H2,11,13). The molecule has 0 saturated carbocycles. The molecular weight excluding hydrogens is 164 g/mol. The van der Waals surface area contributed by atoms with Gasteiger partial charge in [0.05, 0.1) is 6.04 Å². The molecule has 0 aromatic rings. The second-order valence-corrected chi connectivity index (χ2v) is 3.80. The van der Waals surface area contributed by atoms with Crippen LogP contribution in [0.2, 0.25) is 0 Å². The van der Waals surface area contributed by atoms with E-state index in [0.717, 1.165) is 32.4 Å². The molecule has 0 radical (unpaired) electrons. The van der Waals surface area contributed by atoms with Gasteiger partial charge in [-0.05, 0) is 32.4 Å². The number of nitrogens with zero attached hydrogens (tertiary/aromatic N) is 1. The molecule has 1 atom stereocenters. The number of hydrogen-bond acceptors (Lipinski definition) is 2. The zero-order valence-electron chi connectivity index (χ0n) is 8.46. The summed E-state index contributed by atoms with van der Waals surface area (Å²) in [6.45, 7) is 4.25. The van der Waals surface area contributed by atoms with Crippen LogP contribution in [0, 0.1) is 0 Å². The highest BCUT2D eigenvalue weighted by molar-refractivity contribution is 5.79. The molecule has 1 aliphatic heterocycles. The third kappa shape index (κ3) is 2.99. The summed E-state index contributed by atoms with van der Waals surface area (Å²) in [5, 5.41) is 0. The van der Waals surface area contributed by atoms with Crippen molar-refractivity contribution in [3.8, 4) is 0 Å². The summed E-state index contributed by atoms with van der Waals surface area (Å²) in [5.41, 5.74) is 5.38. The third-order valence-corrected chi connectivity index (χ3v) is 2.74. The second-order valence-electron chi connectivity index (χ2n) is 3.80. The van der Waals surface area contributed by atoms with Gasteiger partial charge in [-0.3, -0.25) is 9.69 Å². The molecule has 0 aromatic heterocycles. The van der Waals surface area contributed by atoms with Gasteiger partial charge in [-0.2, -0.15) is 0 Å². The lowest BCUT2D eigenvalue weighted by molar-refractivity contribution is -0.123. The van der Waals surface area contributed by atoms with Crippen molar-refractivity contribution in [3.63, 3.8) is 0 Å². The molecule has 1 amide bonds. The molecule has 76 valence electrons. The molecule has 1 heterocycles. The van der Waals surface area contributed by atoms with Crippen LogP contribution in [-0.4, -0.2) is 29.9 Å². The van der Waals surface area contributed by atoms with Crippen molar-refractivity contribution in [2.24, 2.45) is 5.73 Å². The Bertz CT molecular complexity index is 164. The molecule has 0 spiro atoms. The number of hydrogen-bond donors (Lipinski definition) is 1. The fraction of sp³-hybridized carbons (Fsp3) is 0.900. The maximum Gasteiger partial charge on any atom is 0.234 e. The first-order valence-corrected chi connectivity index (χ1v) is 5.29. The summed E-state index contributed by atoms with van der Waals surface area (Å²) >= 11 is 0. The van der Waals surface area contributed by atoms with Gasteiger partial charge in [-0.25, -0.2) is 0 Å². The molecule has 0 aliphatic carbocycles. The zero-order chi connectivity index (χ0) is 9.68. The summed E-state index contributed by atoms with van der Waals surface area (Å²) in [6, 6.07) is 0.00227. The summed E-state index contributed by atoms with van der Waals surface area (Å²) in [6.07, 6.45) is 5.61. The van der Waals surface area contributed by atoms with Gasteiger partial charge in [-0.1, -0.05) is 19.8 Å². The summed E-state index contributed by atoms with van der Waals surface area (Å²) in [4.78, 5) is 13.4. The lowest BCUT2D eigenvalue weighted by Crippen LogP contribution is -2.43. The molecular formula is C10H20N2O. The summed E-state index contributed by atoms with van der Waals surface area (Å²) < 4.78 is 0. The minimum atomic E-state index is -0.143. The van der Waals surface area contributed by atoms with Gasteiger partial charge in [0.1, 0.15) is 0 Å². The Balaban J connectivity index is 2.40. The Morgan fingerprint density at radius 2 is 2.08 bits per heavy atom. The Morgan fingerprint density at radius 3 is 2.54 bits per heavy atom. The Hall–Kier alpha value is -0.570. The van der Waals surface area contributed by atoms with Crippen molar-refractivity contribution in [1.82, 2.24) is 4.90 Å². The first-order chi connectivity index (χ1) is 6.25. The van der Waals surface area contributed by atoms with Crippen LogP contribution in [0.5, 0.6) is 0 Å². The maximum atomic E-state index is 11.2. The molecule has 1 fully saturated rings. The number of carbonyl (C=O) groups excluding carboxylic acids is 1. The SMILES string of the molecule is CCCCC(C(N)=O)N1CCCC1. The minimum absolute atomic E-state index is 0.00227. The average molecular weight is 184 g/mol. The van der Waals surface area contributed by atoms with E-state index in [-0.39, 0.29) is 11.9 Å². The number of nitrogens with two attached hydrogens (primary N) is 1. The van der Waals surface area contributed by atoms with Gasteiger partial charge < -0.3 is 5.73 Å². The van der Waals surface area contributed by atoms with E-state index in [0.29, 0.717) is 0 Å². The molecule has 1 aliphatic rings. The number of likely N-dealkylation sites (tertiary alicyclic amines) is 1. The lowest BCUT2D eigenvalue weighted by Gasteiger charge is -2.24. The minimum Gasteiger partial charge on any atom is -0.368 e. The summed E-state index contributed by atoms with van der Waals surface area (Å²) in [7, 11) is 0. The quantitative estimate of drug-likeness (QED) is 0.696. The molecule has 1 rings (SSSR count). The van der Waals surface area contributed by atoms with Crippen LogP contribution in [0.15, 0.2) is 0 Å². The summed E-state index contributed by atoms with van der Waals surface area (Å²) in [5.74, 6) is -0.143. The van der Waals surface area contributed by atoms with E-state index >= 15 is 0 Å². The van der Waals surface area contributed by atoms with Gasteiger partial charge in [-0.15, -0.1) is 0 Å². The van der Waals surface area contributed by atoms with Crippen molar-refractivity contribution < 1.29 is 4.79 Å². The predicted octanol–water partition coefficient (Wildman–Crippen LogP) is 1.13. The van der Waals surface area contributed by atoms with Crippen LogP contribution < -0.4 is 5.73 Å². The fourth-order valence-electron chi connectivity index (χ4n) is 1.96. The lowest BCUT2D eigenvalue weighted by atomic mass is 10.1. The smallest absolute Gasteiger partial charge is 0.234 e. The first kappa shape index (κ1) is 10.5. The number of amides is 1. The normalized spacial score (nSPS) is 20.4. The molecule has 0 aromatic carbocycles. The monoisotopic (exact) mass is 184 g/mol. The number of unbranched alkanes of at least 4 members (excludes halogenated alkanes) is 1. The molecule has 1 unspecified atom stereocenters. The van der Waals surface area contributed by atoms with E-state index in [9.17, 15) is 4.79 Å².